The molecule has 0 aliphatic heterocycles. The van der Waals surface area contributed by atoms with Gasteiger partial charge in [-0.1, -0.05) is 19.8 Å². The fourth-order valence-electron chi connectivity index (χ4n) is 1.77. The molecule has 98 valence electrons. The number of nitrogens with zero attached hydrogens (tertiary/aromatic N) is 4. The number of nitrogen functional groups attached to an aromatic ring is 1. The first-order chi connectivity index (χ1) is 8.72. The van der Waals surface area contributed by atoms with Gasteiger partial charge in [-0.15, -0.1) is 0 Å². The molecule has 2 rings (SSSR count). The number of nitrogens with two attached hydrogens (primary N) is 1. The molecule has 0 aromatic carbocycles. The number of hydrogen-bond acceptors (Lipinski definition) is 5. The highest BCUT2D eigenvalue weighted by molar-refractivity contribution is 7.98. The molecule has 0 spiro atoms. The van der Waals surface area contributed by atoms with Crippen LogP contribution in [0.2, 0.25) is 0 Å². The highest BCUT2D eigenvalue weighted by Crippen LogP contribution is 2.19. The van der Waals surface area contributed by atoms with E-state index in [1.165, 1.54) is 19.3 Å². The van der Waals surface area contributed by atoms with Crippen LogP contribution in [0.25, 0.3) is 11.0 Å². The van der Waals surface area contributed by atoms with Gasteiger partial charge in [0.25, 0.3) is 0 Å². The molecule has 2 aromatic heterocycles. The molecule has 0 atom stereocenters. The van der Waals surface area contributed by atoms with Crippen LogP contribution in [0.1, 0.15) is 32.0 Å². The Morgan fingerprint density at radius 1 is 1.33 bits per heavy atom. The van der Waals surface area contributed by atoms with Crippen molar-refractivity contribution in [3.05, 3.63) is 12.0 Å². The van der Waals surface area contributed by atoms with Crippen molar-refractivity contribution in [2.45, 2.75) is 31.9 Å². The van der Waals surface area contributed by atoms with E-state index in [4.69, 9.17) is 5.73 Å². The van der Waals surface area contributed by atoms with Crippen molar-refractivity contribution in [2.24, 2.45) is 7.05 Å². The second-order valence-electron chi connectivity index (χ2n) is 4.29. The lowest BCUT2D eigenvalue weighted by molar-refractivity contribution is 0.777. The van der Waals surface area contributed by atoms with Crippen LogP contribution >= 0.6 is 11.8 Å². The zero-order valence-electron chi connectivity index (χ0n) is 10.9. The van der Waals surface area contributed by atoms with Gasteiger partial charge in [0.1, 0.15) is 11.6 Å². The molecule has 5 nitrogen and oxygen atoms in total. The van der Waals surface area contributed by atoms with Gasteiger partial charge in [-0.2, -0.15) is 16.9 Å². The van der Waals surface area contributed by atoms with Crippen LogP contribution < -0.4 is 5.73 Å². The second-order valence-corrected chi connectivity index (χ2v) is 5.40. The van der Waals surface area contributed by atoms with Crippen molar-refractivity contribution in [1.29, 1.82) is 0 Å². The maximum Gasteiger partial charge on any atom is 0.163 e. The fraction of sp³-hybridized carbons (Fsp3) is 0.583. The van der Waals surface area contributed by atoms with Gasteiger partial charge in [0.15, 0.2) is 5.65 Å². The van der Waals surface area contributed by atoms with Crippen molar-refractivity contribution < 1.29 is 0 Å². The molecule has 6 heteroatoms. The van der Waals surface area contributed by atoms with E-state index in [0.717, 1.165) is 28.4 Å². The van der Waals surface area contributed by atoms with Gasteiger partial charge >= 0.3 is 0 Å². The van der Waals surface area contributed by atoms with Gasteiger partial charge in [0.2, 0.25) is 0 Å². The average molecular weight is 265 g/mol. The van der Waals surface area contributed by atoms with Crippen molar-refractivity contribution in [3.8, 4) is 0 Å². The third kappa shape index (κ3) is 2.93. The Hall–Kier alpha value is -1.30. The smallest absolute Gasteiger partial charge is 0.163 e. The van der Waals surface area contributed by atoms with Crippen LogP contribution in [0.5, 0.6) is 0 Å². The summed E-state index contributed by atoms with van der Waals surface area (Å²) in [6.45, 7) is 2.21. The predicted octanol–water partition coefficient (Wildman–Crippen LogP) is 2.37. The number of aromatic nitrogens is 4. The Balaban J connectivity index is 2.02. The first kappa shape index (κ1) is 13.1. The maximum absolute atomic E-state index is 5.91. The molecule has 0 radical (unpaired) electrons. The van der Waals surface area contributed by atoms with Gasteiger partial charge in [-0.05, 0) is 12.2 Å². The lowest BCUT2D eigenvalue weighted by Crippen LogP contribution is -2.02. The molecule has 0 aliphatic rings. The SMILES string of the molecule is CCCCCSCc1nc(N)c2cnn(C)c2n1. The van der Waals surface area contributed by atoms with Gasteiger partial charge in [-0.25, -0.2) is 9.97 Å². The molecule has 0 saturated heterocycles. The van der Waals surface area contributed by atoms with Crippen molar-refractivity contribution in [1.82, 2.24) is 19.7 Å². The summed E-state index contributed by atoms with van der Waals surface area (Å²) in [6, 6.07) is 0. The lowest BCUT2D eigenvalue weighted by Gasteiger charge is -2.03. The Kier molecular flexibility index (Phi) is 4.41. The van der Waals surface area contributed by atoms with Crippen LogP contribution in [0.15, 0.2) is 6.20 Å². The van der Waals surface area contributed by atoms with E-state index >= 15 is 0 Å². The number of fused-ring (bicyclic) bond motifs is 1. The van der Waals surface area contributed by atoms with E-state index in [2.05, 4.69) is 22.0 Å². The minimum absolute atomic E-state index is 0.525. The minimum Gasteiger partial charge on any atom is -0.383 e. The largest absolute Gasteiger partial charge is 0.383 e. The molecule has 0 aliphatic carbocycles. The molecule has 0 bridgehead atoms. The Morgan fingerprint density at radius 3 is 2.94 bits per heavy atom. The van der Waals surface area contributed by atoms with Crippen LogP contribution in [0.3, 0.4) is 0 Å². The summed E-state index contributed by atoms with van der Waals surface area (Å²) in [4.78, 5) is 8.83. The summed E-state index contributed by atoms with van der Waals surface area (Å²) in [5, 5.41) is 4.98. The molecule has 18 heavy (non-hydrogen) atoms. The number of rotatable bonds is 6. The third-order valence-electron chi connectivity index (χ3n) is 2.79. The van der Waals surface area contributed by atoms with E-state index in [-0.39, 0.29) is 0 Å². The number of unbranched alkanes of at least 4 members (excludes halogenated alkanes) is 2. The average Bonchev–Trinajstić information content (AvgIpc) is 2.72. The third-order valence-corrected chi connectivity index (χ3v) is 3.83. The van der Waals surface area contributed by atoms with Crippen molar-refractivity contribution >= 4 is 28.6 Å². The summed E-state index contributed by atoms with van der Waals surface area (Å²) in [6.07, 6.45) is 5.51. The Labute approximate surface area is 111 Å². The summed E-state index contributed by atoms with van der Waals surface area (Å²) in [7, 11) is 1.87. The number of thioether (sulfide) groups is 1. The van der Waals surface area contributed by atoms with Crippen LogP contribution in [0.4, 0.5) is 5.82 Å². The topological polar surface area (TPSA) is 69.6 Å². The summed E-state index contributed by atoms with van der Waals surface area (Å²) in [5.74, 6) is 3.29. The van der Waals surface area contributed by atoms with Crippen molar-refractivity contribution in [3.63, 3.8) is 0 Å². The molecule has 0 unspecified atom stereocenters. The number of anilines is 1. The van der Waals surface area contributed by atoms with E-state index in [1.54, 1.807) is 10.9 Å². The van der Waals surface area contributed by atoms with Gasteiger partial charge in [-0.3, -0.25) is 4.68 Å². The summed E-state index contributed by atoms with van der Waals surface area (Å²) >= 11 is 1.86. The van der Waals surface area contributed by atoms with Gasteiger partial charge in [0, 0.05) is 7.05 Å². The molecule has 0 fully saturated rings. The van der Waals surface area contributed by atoms with E-state index in [0.29, 0.717) is 5.82 Å². The minimum atomic E-state index is 0.525. The molecule has 2 N–H and O–H groups in total. The van der Waals surface area contributed by atoms with E-state index in [9.17, 15) is 0 Å². The number of hydrogen-bond donors (Lipinski definition) is 1. The standard InChI is InChI=1S/C12H19N5S/c1-3-4-5-6-18-8-10-15-11(13)9-7-14-17(2)12(9)16-10/h7H,3-6,8H2,1-2H3,(H2,13,15,16). The number of aryl methyl sites for hydroxylation is 1. The zero-order chi connectivity index (χ0) is 13.0. The zero-order valence-corrected chi connectivity index (χ0v) is 11.7. The van der Waals surface area contributed by atoms with Gasteiger partial charge < -0.3 is 5.73 Å². The maximum atomic E-state index is 5.91. The van der Waals surface area contributed by atoms with Gasteiger partial charge in [0.05, 0.1) is 17.3 Å². The quantitative estimate of drug-likeness (QED) is 0.812. The molecule has 0 saturated carbocycles. The van der Waals surface area contributed by atoms with Crippen LogP contribution in [-0.2, 0) is 12.8 Å². The molecule has 0 amide bonds. The normalized spacial score (nSPS) is 11.2. The lowest BCUT2D eigenvalue weighted by atomic mass is 10.3. The Morgan fingerprint density at radius 2 is 2.17 bits per heavy atom. The highest BCUT2D eigenvalue weighted by Gasteiger charge is 2.08. The van der Waals surface area contributed by atoms with E-state index < -0.39 is 0 Å². The Bertz CT molecular complexity index is 522. The molecular formula is C12H19N5S. The summed E-state index contributed by atoms with van der Waals surface area (Å²) in [5.41, 5.74) is 6.72. The second kappa shape index (κ2) is 6.04. The monoisotopic (exact) mass is 265 g/mol. The molecule has 2 aromatic rings. The first-order valence-corrected chi connectivity index (χ1v) is 7.39. The predicted molar refractivity (Wildman–Crippen MR) is 76.4 cm³/mol. The molecular weight excluding hydrogens is 246 g/mol. The van der Waals surface area contributed by atoms with Crippen LogP contribution in [0, 0.1) is 0 Å². The highest BCUT2D eigenvalue weighted by atomic mass is 32.2. The first-order valence-electron chi connectivity index (χ1n) is 6.24. The van der Waals surface area contributed by atoms with Crippen LogP contribution in [-0.4, -0.2) is 25.5 Å². The van der Waals surface area contributed by atoms with Crippen molar-refractivity contribution in [2.75, 3.05) is 11.5 Å². The summed E-state index contributed by atoms with van der Waals surface area (Å²) < 4.78 is 1.73. The fourth-order valence-corrected chi connectivity index (χ4v) is 2.64. The van der Waals surface area contributed by atoms with E-state index in [1.807, 2.05) is 18.8 Å². The molecule has 2 heterocycles.